The summed E-state index contributed by atoms with van der Waals surface area (Å²) < 4.78 is 0. The Bertz CT molecular complexity index is 234. The molecule has 0 aliphatic carbocycles. The van der Waals surface area contributed by atoms with Crippen molar-refractivity contribution in [3.05, 3.63) is 11.1 Å². The van der Waals surface area contributed by atoms with E-state index in [1.54, 1.807) is 11.3 Å². The molecular formula is C8H15N3S. The SMILES string of the molecule is Cc1cnc(N(C)CCCN)s1. The van der Waals surface area contributed by atoms with E-state index in [4.69, 9.17) is 5.73 Å². The van der Waals surface area contributed by atoms with E-state index in [1.807, 2.05) is 13.2 Å². The summed E-state index contributed by atoms with van der Waals surface area (Å²) in [6.07, 6.45) is 2.92. The molecule has 1 aromatic heterocycles. The lowest BCUT2D eigenvalue weighted by molar-refractivity contribution is 0.793. The number of hydrogen-bond acceptors (Lipinski definition) is 4. The maximum Gasteiger partial charge on any atom is 0.185 e. The van der Waals surface area contributed by atoms with E-state index in [9.17, 15) is 0 Å². The molecule has 0 amide bonds. The van der Waals surface area contributed by atoms with Crippen LogP contribution in [0.1, 0.15) is 11.3 Å². The van der Waals surface area contributed by atoms with Crippen LogP contribution in [0.3, 0.4) is 0 Å². The molecule has 0 radical (unpaired) electrons. The molecule has 0 saturated carbocycles. The van der Waals surface area contributed by atoms with Crippen LogP contribution in [0.25, 0.3) is 0 Å². The number of nitrogens with zero attached hydrogens (tertiary/aromatic N) is 2. The lowest BCUT2D eigenvalue weighted by Crippen LogP contribution is -2.20. The van der Waals surface area contributed by atoms with Crippen molar-refractivity contribution in [3.63, 3.8) is 0 Å². The molecule has 0 saturated heterocycles. The highest BCUT2D eigenvalue weighted by Crippen LogP contribution is 2.19. The minimum Gasteiger partial charge on any atom is -0.351 e. The Kier molecular flexibility index (Phi) is 3.49. The fourth-order valence-electron chi connectivity index (χ4n) is 0.943. The van der Waals surface area contributed by atoms with Gasteiger partial charge in [0.25, 0.3) is 0 Å². The second-order valence-electron chi connectivity index (χ2n) is 2.82. The average Bonchev–Trinajstić information content (AvgIpc) is 2.47. The van der Waals surface area contributed by atoms with Gasteiger partial charge in [-0.15, -0.1) is 11.3 Å². The van der Waals surface area contributed by atoms with Crippen LogP contribution in [-0.2, 0) is 0 Å². The summed E-state index contributed by atoms with van der Waals surface area (Å²) >= 11 is 1.72. The van der Waals surface area contributed by atoms with Crippen LogP contribution in [0.4, 0.5) is 5.13 Å². The molecule has 2 N–H and O–H groups in total. The van der Waals surface area contributed by atoms with Gasteiger partial charge in [-0.2, -0.15) is 0 Å². The first-order valence-electron chi connectivity index (χ1n) is 4.07. The van der Waals surface area contributed by atoms with Crippen molar-refractivity contribution in [1.82, 2.24) is 4.98 Å². The summed E-state index contributed by atoms with van der Waals surface area (Å²) in [7, 11) is 2.05. The third-order valence-corrected chi connectivity index (χ3v) is 2.66. The predicted molar refractivity (Wildman–Crippen MR) is 53.8 cm³/mol. The minimum absolute atomic E-state index is 0.745. The summed E-state index contributed by atoms with van der Waals surface area (Å²) in [4.78, 5) is 7.67. The van der Waals surface area contributed by atoms with Gasteiger partial charge in [0.15, 0.2) is 5.13 Å². The van der Waals surface area contributed by atoms with Crippen LogP contribution in [0.15, 0.2) is 6.20 Å². The predicted octanol–water partition coefficient (Wildman–Crippen LogP) is 1.24. The number of aryl methyl sites for hydroxylation is 1. The molecule has 0 atom stereocenters. The Hall–Kier alpha value is -0.610. The highest BCUT2D eigenvalue weighted by Gasteiger charge is 2.03. The first-order chi connectivity index (χ1) is 5.74. The molecule has 0 bridgehead atoms. The van der Waals surface area contributed by atoms with Gasteiger partial charge in [-0.1, -0.05) is 0 Å². The normalized spacial score (nSPS) is 10.2. The van der Waals surface area contributed by atoms with Crippen LogP contribution >= 0.6 is 11.3 Å². The zero-order valence-corrected chi connectivity index (χ0v) is 8.40. The highest BCUT2D eigenvalue weighted by molar-refractivity contribution is 7.15. The molecule has 4 heteroatoms. The van der Waals surface area contributed by atoms with Crippen molar-refractivity contribution in [3.8, 4) is 0 Å². The summed E-state index contributed by atoms with van der Waals surface area (Å²) in [5.74, 6) is 0. The molecule has 0 unspecified atom stereocenters. The van der Waals surface area contributed by atoms with Gasteiger partial charge >= 0.3 is 0 Å². The topological polar surface area (TPSA) is 42.2 Å². The third-order valence-electron chi connectivity index (χ3n) is 1.63. The lowest BCUT2D eigenvalue weighted by atomic mass is 10.4. The molecule has 1 aromatic rings. The van der Waals surface area contributed by atoms with E-state index in [2.05, 4.69) is 16.8 Å². The standard InChI is InChI=1S/C8H15N3S/c1-7-6-10-8(12-7)11(2)5-3-4-9/h6H,3-5,9H2,1-2H3. The molecular weight excluding hydrogens is 170 g/mol. The number of rotatable bonds is 4. The zero-order valence-electron chi connectivity index (χ0n) is 7.58. The maximum absolute atomic E-state index is 5.42. The van der Waals surface area contributed by atoms with E-state index in [0.717, 1.165) is 24.6 Å². The van der Waals surface area contributed by atoms with Gasteiger partial charge in [-0.25, -0.2) is 4.98 Å². The maximum atomic E-state index is 5.42. The van der Waals surface area contributed by atoms with Crippen molar-refractivity contribution in [2.75, 3.05) is 25.0 Å². The zero-order chi connectivity index (χ0) is 8.97. The largest absolute Gasteiger partial charge is 0.351 e. The Morgan fingerprint density at radius 2 is 2.42 bits per heavy atom. The van der Waals surface area contributed by atoms with Crippen LogP contribution in [-0.4, -0.2) is 25.1 Å². The first kappa shape index (κ1) is 9.48. The van der Waals surface area contributed by atoms with Crippen molar-refractivity contribution < 1.29 is 0 Å². The van der Waals surface area contributed by atoms with Gasteiger partial charge in [-0.3, -0.25) is 0 Å². The van der Waals surface area contributed by atoms with Crippen LogP contribution in [0.2, 0.25) is 0 Å². The van der Waals surface area contributed by atoms with Gasteiger partial charge in [0.2, 0.25) is 0 Å². The van der Waals surface area contributed by atoms with E-state index >= 15 is 0 Å². The molecule has 0 aromatic carbocycles. The number of anilines is 1. The van der Waals surface area contributed by atoms with E-state index < -0.39 is 0 Å². The molecule has 0 fully saturated rings. The number of nitrogens with two attached hydrogens (primary N) is 1. The smallest absolute Gasteiger partial charge is 0.185 e. The van der Waals surface area contributed by atoms with Crippen molar-refractivity contribution in [2.45, 2.75) is 13.3 Å². The van der Waals surface area contributed by atoms with E-state index in [-0.39, 0.29) is 0 Å². The number of thiazole rings is 1. The average molecular weight is 185 g/mol. The molecule has 68 valence electrons. The van der Waals surface area contributed by atoms with E-state index in [0.29, 0.717) is 0 Å². The molecule has 0 aliphatic heterocycles. The van der Waals surface area contributed by atoms with Crippen LogP contribution < -0.4 is 10.6 Å². The van der Waals surface area contributed by atoms with Crippen molar-refractivity contribution in [2.24, 2.45) is 5.73 Å². The van der Waals surface area contributed by atoms with Gasteiger partial charge in [-0.05, 0) is 19.9 Å². The lowest BCUT2D eigenvalue weighted by Gasteiger charge is -2.14. The monoisotopic (exact) mass is 185 g/mol. The summed E-state index contributed by atoms with van der Waals surface area (Å²) in [6, 6.07) is 0. The van der Waals surface area contributed by atoms with Crippen molar-refractivity contribution >= 4 is 16.5 Å². The molecule has 0 spiro atoms. The van der Waals surface area contributed by atoms with Gasteiger partial charge in [0, 0.05) is 24.7 Å². The van der Waals surface area contributed by atoms with Crippen molar-refractivity contribution in [1.29, 1.82) is 0 Å². The summed E-state index contributed by atoms with van der Waals surface area (Å²) in [5, 5.41) is 1.08. The Morgan fingerprint density at radius 1 is 1.67 bits per heavy atom. The molecule has 3 nitrogen and oxygen atoms in total. The summed E-state index contributed by atoms with van der Waals surface area (Å²) in [5.41, 5.74) is 5.42. The highest BCUT2D eigenvalue weighted by atomic mass is 32.1. The fraction of sp³-hybridized carbons (Fsp3) is 0.625. The molecule has 1 heterocycles. The Morgan fingerprint density at radius 3 is 2.92 bits per heavy atom. The van der Waals surface area contributed by atoms with Crippen LogP contribution in [0.5, 0.6) is 0 Å². The minimum atomic E-state index is 0.745. The van der Waals surface area contributed by atoms with Gasteiger partial charge in [0.1, 0.15) is 0 Å². The Balaban J connectivity index is 2.47. The second-order valence-corrected chi connectivity index (χ2v) is 4.03. The van der Waals surface area contributed by atoms with Gasteiger partial charge in [0.05, 0.1) is 0 Å². The molecule has 1 rings (SSSR count). The third kappa shape index (κ3) is 2.46. The fourth-order valence-corrected chi connectivity index (χ4v) is 1.69. The van der Waals surface area contributed by atoms with Crippen LogP contribution in [0, 0.1) is 6.92 Å². The second kappa shape index (κ2) is 4.42. The van der Waals surface area contributed by atoms with E-state index in [1.165, 1.54) is 4.88 Å². The summed E-state index contributed by atoms with van der Waals surface area (Å²) in [6.45, 7) is 3.80. The number of hydrogen-bond donors (Lipinski definition) is 1. The molecule has 12 heavy (non-hydrogen) atoms. The quantitative estimate of drug-likeness (QED) is 0.767. The van der Waals surface area contributed by atoms with Gasteiger partial charge < -0.3 is 10.6 Å². The Labute approximate surface area is 77.2 Å². The number of aromatic nitrogens is 1. The first-order valence-corrected chi connectivity index (χ1v) is 4.89. The molecule has 0 aliphatic rings.